The summed E-state index contributed by atoms with van der Waals surface area (Å²) in [6, 6.07) is 0.459. The second-order valence-corrected chi connectivity index (χ2v) is 3.70. The molecule has 4 nitrogen and oxygen atoms in total. The minimum Gasteiger partial charge on any atom is -0.383 e. The molecule has 0 amide bonds. The zero-order valence-corrected chi connectivity index (χ0v) is 10.4. The fourth-order valence-corrected chi connectivity index (χ4v) is 1.68. The molecule has 0 spiro atoms. The van der Waals surface area contributed by atoms with Crippen molar-refractivity contribution in [2.75, 3.05) is 47.1 Å². The van der Waals surface area contributed by atoms with E-state index in [9.17, 15) is 0 Å². The maximum Gasteiger partial charge on any atom is 0.0589 e. The topological polar surface area (TPSA) is 47.7 Å². The number of methoxy groups -OCH3 is 2. The monoisotopic (exact) mass is 218 g/mol. The van der Waals surface area contributed by atoms with Crippen LogP contribution in [0.4, 0.5) is 0 Å². The van der Waals surface area contributed by atoms with E-state index in [4.69, 9.17) is 15.2 Å². The average molecular weight is 218 g/mol. The lowest BCUT2D eigenvalue weighted by Crippen LogP contribution is -2.44. The molecular weight excluding hydrogens is 192 g/mol. The van der Waals surface area contributed by atoms with E-state index in [0.717, 1.165) is 32.7 Å². The predicted molar refractivity (Wildman–Crippen MR) is 63.1 cm³/mol. The van der Waals surface area contributed by atoms with Crippen molar-refractivity contribution in [3.63, 3.8) is 0 Å². The van der Waals surface area contributed by atoms with Crippen LogP contribution in [0.5, 0.6) is 0 Å². The normalized spacial score (nSPS) is 13.4. The summed E-state index contributed by atoms with van der Waals surface area (Å²) in [5, 5.41) is 0. The number of hydrogen-bond donors (Lipinski definition) is 1. The summed E-state index contributed by atoms with van der Waals surface area (Å²) in [5.74, 6) is 0. The van der Waals surface area contributed by atoms with Gasteiger partial charge >= 0.3 is 0 Å². The van der Waals surface area contributed by atoms with Crippen molar-refractivity contribution in [1.29, 1.82) is 0 Å². The number of nitrogens with two attached hydrogens (primary N) is 1. The van der Waals surface area contributed by atoms with Crippen molar-refractivity contribution in [2.45, 2.75) is 25.8 Å². The highest BCUT2D eigenvalue weighted by Crippen LogP contribution is 2.05. The van der Waals surface area contributed by atoms with Crippen LogP contribution in [0.15, 0.2) is 0 Å². The van der Waals surface area contributed by atoms with Gasteiger partial charge in [-0.25, -0.2) is 0 Å². The van der Waals surface area contributed by atoms with Gasteiger partial charge in [0.05, 0.1) is 13.2 Å². The summed E-state index contributed by atoms with van der Waals surface area (Å²) in [6.45, 7) is 6.27. The molecule has 0 heterocycles. The first-order valence-electron chi connectivity index (χ1n) is 5.72. The Hall–Kier alpha value is -0.160. The van der Waals surface area contributed by atoms with E-state index >= 15 is 0 Å². The zero-order chi connectivity index (χ0) is 11.5. The standard InChI is InChI=1S/C11H26N2O2/c1-4-5-11(10-12)13(6-8-14-2)7-9-15-3/h11H,4-10,12H2,1-3H3. The molecule has 0 saturated carbocycles. The smallest absolute Gasteiger partial charge is 0.0589 e. The van der Waals surface area contributed by atoms with E-state index < -0.39 is 0 Å². The molecule has 2 N–H and O–H groups in total. The maximum atomic E-state index is 5.78. The van der Waals surface area contributed by atoms with Crippen molar-refractivity contribution in [3.8, 4) is 0 Å². The van der Waals surface area contributed by atoms with Crippen LogP contribution in [-0.4, -0.2) is 58.0 Å². The van der Waals surface area contributed by atoms with E-state index in [1.165, 1.54) is 6.42 Å². The molecule has 0 aliphatic rings. The first kappa shape index (κ1) is 14.8. The van der Waals surface area contributed by atoms with Gasteiger partial charge in [0.15, 0.2) is 0 Å². The first-order chi connectivity index (χ1) is 7.29. The predicted octanol–water partition coefficient (Wildman–Crippen LogP) is 0.709. The molecule has 0 aromatic carbocycles. The second kappa shape index (κ2) is 10.4. The molecule has 0 aromatic rings. The number of nitrogens with zero attached hydrogens (tertiary/aromatic N) is 1. The highest BCUT2D eigenvalue weighted by molar-refractivity contribution is 4.72. The minimum atomic E-state index is 0.459. The van der Waals surface area contributed by atoms with Gasteiger partial charge in [-0.05, 0) is 6.42 Å². The summed E-state index contributed by atoms with van der Waals surface area (Å²) >= 11 is 0. The lowest BCUT2D eigenvalue weighted by molar-refractivity contribution is 0.0862. The molecule has 1 atom stereocenters. The van der Waals surface area contributed by atoms with Gasteiger partial charge in [0, 0.05) is 39.9 Å². The third kappa shape index (κ3) is 6.84. The number of ether oxygens (including phenoxy) is 2. The van der Waals surface area contributed by atoms with E-state index in [1.807, 2.05) is 0 Å². The van der Waals surface area contributed by atoms with E-state index in [0.29, 0.717) is 12.6 Å². The van der Waals surface area contributed by atoms with Crippen LogP contribution in [0, 0.1) is 0 Å². The molecule has 0 radical (unpaired) electrons. The summed E-state index contributed by atoms with van der Waals surface area (Å²) in [7, 11) is 3.46. The van der Waals surface area contributed by atoms with Crippen LogP contribution >= 0.6 is 0 Å². The molecule has 0 bridgehead atoms. The van der Waals surface area contributed by atoms with Crippen molar-refractivity contribution in [1.82, 2.24) is 4.90 Å². The van der Waals surface area contributed by atoms with Gasteiger partial charge < -0.3 is 15.2 Å². The van der Waals surface area contributed by atoms with Gasteiger partial charge in [-0.3, -0.25) is 4.90 Å². The molecule has 0 aliphatic carbocycles. The van der Waals surface area contributed by atoms with Crippen LogP contribution in [0.25, 0.3) is 0 Å². The van der Waals surface area contributed by atoms with Crippen LogP contribution in [0.2, 0.25) is 0 Å². The number of rotatable bonds is 10. The van der Waals surface area contributed by atoms with Crippen molar-refractivity contribution in [3.05, 3.63) is 0 Å². The van der Waals surface area contributed by atoms with Gasteiger partial charge in [-0.1, -0.05) is 13.3 Å². The summed E-state index contributed by atoms with van der Waals surface area (Å²) in [5.41, 5.74) is 5.78. The van der Waals surface area contributed by atoms with Crippen molar-refractivity contribution >= 4 is 0 Å². The SMILES string of the molecule is CCCC(CN)N(CCOC)CCOC. The van der Waals surface area contributed by atoms with Crippen molar-refractivity contribution < 1.29 is 9.47 Å². The Kier molecular flexibility index (Phi) is 10.3. The lowest BCUT2D eigenvalue weighted by Gasteiger charge is -2.30. The zero-order valence-electron chi connectivity index (χ0n) is 10.4. The summed E-state index contributed by atoms with van der Waals surface area (Å²) in [4.78, 5) is 2.36. The fourth-order valence-electron chi connectivity index (χ4n) is 1.68. The first-order valence-corrected chi connectivity index (χ1v) is 5.72. The molecule has 4 heteroatoms. The summed E-state index contributed by atoms with van der Waals surface area (Å²) in [6.07, 6.45) is 2.31. The molecule has 0 aromatic heterocycles. The van der Waals surface area contributed by atoms with Crippen LogP contribution in [-0.2, 0) is 9.47 Å². The third-order valence-corrected chi connectivity index (χ3v) is 2.58. The van der Waals surface area contributed by atoms with Crippen LogP contribution in [0.1, 0.15) is 19.8 Å². The maximum absolute atomic E-state index is 5.78. The molecule has 1 unspecified atom stereocenters. The van der Waals surface area contributed by atoms with E-state index in [1.54, 1.807) is 14.2 Å². The summed E-state index contributed by atoms with van der Waals surface area (Å²) < 4.78 is 10.2. The van der Waals surface area contributed by atoms with Gasteiger partial charge in [0.25, 0.3) is 0 Å². The van der Waals surface area contributed by atoms with Crippen LogP contribution < -0.4 is 5.73 Å². The molecule has 0 rings (SSSR count). The minimum absolute atomic E-state index is 0.459. The molecule has 0 saturated heterocycles. The lowest BCUT2D eigenvalue weighted by atomic mass is 10.1. The third-order valence-electron chi connectivity index (χ3n) is 2.58. The number of hydrogen-bond acceptors (Lipinski definition) is 4. The Morgan fingerprint density at radius 3 is 2.00 bits per heavy atom. The Balaban J connectivity index is 4.02. The molecular formula is C11H26N2O2. The van der Waals surface area contributed by atoms with Gasteiger partial charge in [-0.2, -0.15) is 0 Å². The average Bonchev–Trinajstić information content (AvgIpc) is 2.27. The Morgan fingerprint density at radius 2 is 1.67 bits per heavy atom. The Bertz CT molecular complexity index is 126. The Morgan fingerprint density at radius 1 is 1.13 bits per heavy atom. The van der Waals surface area contributed by atoms with E-state index in [2.05, 4.69) is 11.8 Å². The van der Waals surface area contributed by atoms with Crippen LogP contribution in [0.3, 0.4) is 0 Å². The van der Waals surface area contributed by atoms with Gasteiger partial charge in [-0.15, -0.1) is 0 Å². The quantitative estimate of drug-likeness (QED) is 0.586. The molecule has 15 heavy (non-hydrogen) atoms. The Labute approximate surface area is 93.7 Å². The van der Waals surface area contributed by atoms with Gasteiger partial charge in [0.1, 0.15) is 0 Å². The molecule has 92 valence electrons. The largest absolute Gasteiger partial charge is 0.383 e. The second-order valence-electron chi connectivity index (χ2n) is 3.70. The van der Waals surface area contributed by atoms with E-state index in [-0.39, 0.29) is 0 Å². The fraction of sp³-hybridized carbons (Fsp3) is 1.00. The highest BCUT2D eigenvalue weighted by atomic mass is 16.5. The highest BCUT2D eigenvalue weighted by Gasteiger charge is 2.15. The molecule has 0 fully saturated rings. The van der Waals surface area contributed by atoms with Gasteiger partial charge in [0.2, 0.25) is 0 Å². The van der Waals surface area contributed by atoms with Crippen molar-refractivity contribution in [2.24, 2.45) is 5.73 Å². The molecule has 0 aliphatic heterocycles.